The quantitative estimate of drug-likeness (QED) is 0.478. The minimum Gasteiger partial charge on any atom is -0.507 e. The van der Waals surface area contributed by atoms with Gasteiger partial charge in [0.2, 0.25) is 0 Å². The number of phenolic OH excluding ortho intramolecular Hbond substituents is 1. The number of esters is 1. The van der Waals surface area contributed by atoms with Gasteiger partial charge in [-0.1, -0.05) is 11.6 Å². The summed E-state index contributed by atoms with van der Waals surface area (Å²) in [6.07, 6.45) is 7.34. The van der Waals surface area contributed by atoms with E-state index in [1.54, 1.807) is 24.5 Å². The second-order valence-electron chi connectivity index (χ2n) is 5.69. The van der Waals surface area contributed by atoms with Crippen LogP contribution in [0.15, 0.2) is 36.2 Å². The van der Waals surface area contributed by atoms with Gasteiger partial charge < -0.3 is 19.6 Å². The summed E-state index contributed by atoms with van der Waals surface area (Å²) in [5, 5.41) is 10.4. The molecule has 6 heteroatoms. The normalized spacial score (nSPS) is 11.1. The first kappa shape index (κ1) is 18.3. The number of benzene rings is 1. The highest BCUT2D eigenvalue weighted by Gasteiger charge is 2.18. The van der Waals surface area contributed by atoms with Gasteiger partial charge in [0, 0.05) is 18.0 Å². The maximum Gasteiger partial charge on any atom is 0.338 e. The van der Waals surface area contributed by atoms with Crippen molar-refractivity contribution in [1.29, 1.82) is 0 Å². The predicted molar refractivity (Wildman–Crippen MR) is 96.3 cm³/mol. The summed E-state index contributed by atoms with van der Waals surface area (Å²) < 4.78 is 10.3. The number of aromatic hydroxyl groups is 1. The fourth-order valence-electron chi connectivity index (χ4n) is 2.34. The van der Waals surface area contributed by atoms with Gasteiger partial charge >= 0.3 is 5.97 Å². The molecular formula is C19H22N2O4. The van der Waals surface area contributed by atoms with Crippen molar-refractivity contribution in [3.8, 4) is 11.5 Å². The fraction of sp³-hybridized carbons (Fsp3) is 0.263. The maximum atomic E-state index is 12.2. The van der Waals surface area contributed by atoms with Crippen LogP contribution in [0.2, 0.25) is 0 Å². The number of hydrogen-bond acceptors (Lipinski definition) is 5. The largest absolute Gasteiger partial charge is 0.507 e. The van der Waals surface area contributed by atoms with Crippen LogP contribution in [-0.4, -0.2) is 35.3 Å². The number of hydrogen-bond donors (Lipinski definition) is 2. The molecule has 25 heavy (non-hydrogen) atoms. The van der Waals surface area contributed by atoms with E-state index in [9.17, 15) is 9.90 Å². The minimum atomic E-state index is -0.532. The van der Waals surface area contributed by atoms with Crippen LogP contribution in [0.5, 0.6) is 11.5 Å². The van der Waals surface area contributed by atoms with Crippen LogP contribution >= 0.6 is 0 Å². The average Bonchev–Trinajstić information content (AvgIpc) is 3.10. The summed E-state index contributed by atoms with van der Waals surface area (Å²) in [5.74, 6) is 0.533. The standard InChI is InChI=1S/C19H22N2O4/c1-12(2)5-6-14-16(22)9-13(10-17(14)24-3)15(19(23)25-4)11-18-20-7-8-21-18/h5,7-11,22H,6H2,1-4H3,(H,20,21)/b15-11+. The number of nitrogens with one attached hydrogen (secondary N) is 1. The van der Waals surface area contributed by atoms with E-state index in [4.69, 9.17) is 9.47 Å². The van der Waals surface area contributed by atoms with E-state index in [0.29, 0.717) is 29.1 Å². The van der Waals surface area contributed by atoms with Gasteiger partial charge in [-0.2, -0.15) is 0 Å². The lowest BCUT2D eigenvalue weighted by Crippen LogP contribution is -2.05. The van der Waals surface area contributed by atoms with Crippen LogP contribution in [0.25, 0.3) is 11.6 Å². The van der Waals surface area contributed by atoms with E-state index in [1.165, 1.54) is 20.3 Å². The molecule has 1 aromatic carbocycles. The molecule has 2 N–H and O–H groups in total. The molecule has 0 aliphatic heterocycles. The SMILES string of the molecule is COC(=O)/C(=C/c1ncc[nH]1)c1cc(O)c(CC=C(C)C)c(OC)c1. The zero-order valence-electron chi connectivity index (χ0n) is 14.8. The predicted octanol–water partition coefficient (Wildman–Crippen LogP) is 3.35. The highest BCUT2D eigenvalue weighted by Crippen LogP contribution is 2.34. The van der Waals surface area contributed by atoms with Gasteiger partial charge in [-0.25, -0.2) is 9.78 Å². The van der Waals surface area contributed by atoms with Crippen LogP contribution in [0.4, 0.5) is 0 Å². The molecule has 0 saturated carbocycles. The molecule has 0 aliphatic rings. The lowest BCUT2D eigenvalue weighted by molar-refractivity contribution is -0.133. The Balaban J connectivity index is 2.54. The molecule has 0 atom stereocenters. The second kappa shape index (κ2) is 8.19. The highest BCUT2D eigenvalue weighted by atomic mass is 16.5. The molecule has 2 rings (SSSR count). The van der Waals surface area contributed by atoms with Gasteiger partial charge in [-0.15, -0.1) is 0 Å². The summed E-state index contributed by atoms with van der Waals surface area (Å²) in [4.78, 5) is 19.2. The van der Waals surface area contributed by atoms with Crippen molar-refractivity contribution in [3.05, 3.63) is 53.1 Å². The number of aromatic nitrogens is 2. The van der Waals surface area contributed by atoms with E-state index in [2.05, 4.69) is 9.97 Å². The Bertz CT molecular complexity index is 801. The molecule has 0 amide bonds. The number of imidazole rings is 1. The van der Waals surface area contributed by atoms with Crippen molar-refractivity contribution in [1.82, 2.24) is 9.97 Å². The van der Waals surface area contributed by atoms with E-state index in [1.807, 2.05) is 19.9 Å². The van der Waals surface area contributed by atoms with Crippen molar-refractivity contribution < 1.29 is 19.4 Å². The molecule has 2 aromatic rings. The Morgan fingerprint density at radius 1 is 1.32 bits per heavy atom. The first-order chi connectivity index (χ1) is 12.0. The van der Waals surface area contributed by atoms with Crippen LogP contribution in [0.3, 0.4) is 0 Å². The van der Waals surface area contributed by atoms with Gasteiger partial charge in [-0.3, -0.25) is 0 Å². The van der Waals surface area contributed by atoms with Gasteiger partial charge in [0.05, 0.1) is 19.8 Å². The molecular weight excluding hydrogens is 320 g/mol. The Morgan fingerprint density at radius 3 is 2.64 bits per heavy atom. The maximum absolute atomic E-state index is 12.2. The topological polar surface area (TPSA) is 84.4 Å². The van der Waals surface area contributed by atoms with Crippen molar-refractivity contribution in [3.63, 3.8) is 0 Å². The molecule has 0 bridgehead atoms. The van der Waals surface area contributed by atoms with Crippen molar-refractivity contribution in [2.75, 3.05) is 14.2 Å². The van der Waals surface area contributed by atoms with E-state index in [0.717, 1.165) is 5.57 Å². The van der Waals surface area contributed by atoms with E-state index >= 15 is 0 Å². The Labute approximate surface area is 146 Å². The minimum absolute atomic E-state index is 0.0566. The third-order valence-corrected chi connectivity index (χ3v) is 3.64. The summed E-state index contributed by atoms with van der Waals surface area (Å²) in [7, 11) is 2.83. The average molecular weight is 342 g/mol. The number of allylic oxidation sites excluding steroid dienone is 2. The number of methoxy groups -OCH3 is 2. The number of aromatic amines is 1. The third kappa shape index (κ3) is 4.50. The van der Waals surface area contributed by atoms with Gasteiger partial charge in [0.15, 0.2) is 0 Å². The van der Waals surface area contributed by atoms with E-state index in [-0.39, 0.29) is 11.3 Å². The Kier molecular flexibility index (Phi) is 6.00. The van der Waals surface area contributed by atoms with Crippen LogP contribution < -0.4 is 4.74 Å². The van der Waals surface area contributed by atoms with Gasteiger partial charge in [0.25, 0.3) is 0 Å². The molecule has 6 nitrogen and oxygen atoms in total. The van der Waals surface area contributed by atoms with Crippen LogP contribution in [0, 0.1) is 0 Å². The number of H-pyrrole nitrogens is 1. The number of carbonyl (C=O) groups excluding carboxylic acids is 1. The smallest absolute Gasteiger partial charge is 0.338 e. The number of phenols is 1. The lowest BCUT2D eigenvalue weighted by Gasteiger charge is -2.13. The number of nitrogens with zero attached hydrogens (tertiary/aromatic N) is 1. The van der Waals surface area contributed by atoms with Crippen LogP contribution in [0.1, 0.15) is 30.8 Å². The molecule has 0 aliphatic carbocycles. The van der Waals surface area contributed by atoms with Crippen LogP contribution in [-0.2, 0) is 16.0 Å². The fourth-order valence-corrected chi connectivity index (χ4v) is 2.34. The van der Waals surface area contributed by atoms with Crippen molar-refractivity contribution in [2.24, 2.45) is 0 Å². The molecule has 0 radical (unpaired) electrons. The zero-order chi connectivity index (χ0) is 18.4. The molecule has 0 saturated heterocycles. The summed E-state index contributed by atoms with van der Waals surface area (Å²) in [6, 6.07) is 3.24. The van der Waals surface area contributed by atoms with E-state index < -0.39 is 5.97 Å². The molecule has 0 fully saturated rings. The summed E-state index contributed by atoms with van der Waals surface area (Å²) >= 11 is 0. The molecule has 1 heterocycles. The van der Waals surface area contributed by atoms with Gasteiger partial charge in [-0.05, 0) is 44.0 Å². The number of carbonyl (C=O) groups is 1. The molecule has 132 valence electrons. The highest BCUT2D eigenvalue weighted by molar-refractivity contribution is 6.21. The van der Waals surface area contributed by atoms with Gasteiger partial charge in [0.1, 0.15) is 17.3 Å². The summed E-state index contributed by atoms with van der Waals surface area (Å²) in [5.41, 5.74) is 2.55. The third-order valence-electron chi connectivity index (χ3n) is 3.64. The number of ether oxygens (including phenoxy) is 2. The van der Waals surface area contributed by atoms with Crippen molar-refractivity contribution >= 4 is 17.6 Å². The van der Waals surface area contributed by atoms with Crippen molar-refractivity contribution in [2.45, 2.75) is 20.3 Å². The molecule has 0 unspecified atom stereocenters. The Morgan fingerprint density at radius 2 is 2.08 bits per heavy atom. The number of rotatable bonds is 6. The lowest BCUT2D eigenvalue weighted by atomic mass is 9.99. The zero-order valence-corrected chi connectivity index (χ0v) is 14.8. The first-order valence-corrected chi connectivity index (χ1v) is 7.79. The summed E-state index contributed by atoms with van der Waals surface area (Å²) in [6.45, 7) is 3.97. The molecule has 1 aromatic heterocycles. The molecule has 0 spiro atoms. The monoisotopic (exact) mass is 342 g/mol. The Hall–Kier alpha value is -3.02. The second-order valence-corrected chi connectivity index (χ2v) is 5.69. The first-order valence-electron chi connectivity index (χ1n) is 7.79.